The van der Waals surface area contributed by atoms with Crippen LogP contribution >= 0.6 is 0 Å². The number of nitrogens with zero attached hydrogens (tertiary/aromatic N) is 1. The van der Waals surface area contributed by atoms with Crippen molar-refractivity contribution in [3.8, 4) is 0 Å². The van der Waals surface area contributed by atoms with E-state index in [4.69, 9.17) is 9.47 Å². The summed E-state index contributed by atoms with van der Waals surface area (Å²) in [5.41, 5.74) is 0. The molecule has 0 radical (unpaired) electrons. The lowest BCUT2D eigenvalue weighted by Crippen LogP contribution is -2.40. The minimum atomic E-state index is -0.129. The van der Waals surface area contributed by atoms with Crippen LogP contribution in [0.4, 0.5) is 0 Å². The highest BCUT2D eigenvalue weighted by atomic mass is 16.5. The second kappa shape index (κ2) is 12.1. The van der Waals surface area contributed by atoms with Crippen molar-refractivity contribution in [2.24, 2.45) is 4.99 Å². The van der Waals surface area contributed by atoms with Crippen molar-refractivity contribution < 1.29 is 14.3 Å². The van der Waals surface area contributed by atoms with Crippen molar-refractivity contribution in [3.63, 3.8) is 0 Å². The molecule has 0 rings (SSSR count). The van der Waals surface area contributed by atoms with Gasteiger partial charge < -0.3 is 25.4 Å². The third kappa shape index (κ3) is 9.86. The van der Waals surface area contributed by atoms with Gasteiger partial charge >= 0.3 is 0 Å². The van der Waals surface area contributed by atoms with Crippen LogP contribution < -0.4 is 16.0 Å². The molecule has 0 aliphatic carbocycles. The summed E-state index contributed by atoms with van der Waals surface area (Å²) in [6, 6.07) is 0. The van der Waals surface area contributed by atoms with E-state index in [9.17, 15) is 4.79 Å². The average Bonchev–Trinajstić information content (AvgIpc) is 2.36. The first kappa shape index (κ1) is 16.7. The Labute approximate surface area is 108 Å². The molecule has 3 N–H and O–H groups in total. The van der Waals surface area contributed by atoms with Gasteiger partial charge in [-0.3, -0.25) is 4.79 Å². The van der Waals surface area contributed by atoms with E-state index in [2.05, 4.69) is 20.9 Å². The van der Waals surface area contributed by atoms with Crippen LogP contribution in [-0.2, 0) is 14.3 Å². The summed E-state index contributed by atoms with van der Waals surface area (Å²) in [5.74, 6) is 0.479. The molecule has 0 aromatic heterocycles. The van der Waals surface area contributed by atoms with Crippen molar-refractivity contribution in [2.45, 2.75) is 6.92 Å². The number of amides is 1. The molecule has 0 saturated carbocycles. The molecule has 0 aromatic carbocycles. The van der Waals surface area contributed by atoms with Crippen LogP contribution in [0.1, 0.15) is 6.92 Å². The first-order chi connectivity index (χ1) is 8.74. The van der Waals surface area contributed by atoms with Gasteiger partial charge in [0.15, 0.2) is 5.96 Å². The summed E-state index contributed by atoms with van der Waals surface area (Å²) in [6.45, 7) is 5.03. The molecule has 7 heteroatoms. The lowest BCUT2D eigenvalue weighted by Gasteiger charge is -2.10. The van der Waals surface area contributed by atoms with Crippen molar-refractivity contribution in [2.75, 3.05) is 53.6 Å². The number of carbonyl (C=O) groups is 1. The number of methoxy groups -OCH3 is 2. The molecule has 0 bridgehead atoms. The molecule has 0 saturated heterocycles. The molecule has 0 spiro atoms. The molecular formula is C11H24N4O3. The van der Waals surface area contributed by atoms with E-state index in [1.54, 1.807) is 14.2 Å². The van der Waals surface area contributed by atoms with Crippen molar-refractivity contribution >= 4 is 11.9 Å². The van der Waals surface area contributed by atoms with Crippen molar-refractivity contribution in [3.05, 3.63) is 0 Å². The molecular weight excluding hydrogens is 236 g/mol. The second-order valence-electron chi connectivity index (χ2n) is 3.46. The number of aliphatic imine (C=N–C) groups is 1. The van der Waals surface area contributed by atoms with E-state index in [-0.39, 0.29) is 12.5 Å². The molecule has 0 aliphatic heterocycles. The Kier molecular flexibility index (Phi) is 11.2. The molecule has 1 amide bonds. The maximum atomic E-state index is 11.4. The third-order valence-corrected chi connectivity index (χ3v) is 1.95. The predicted molar refractivity (Wildman–Crippen MR) is 70.7 cm³/mol. The summed E-state index contributed by atoms with van der Waals surface area (Å²) in [5, 5.41) is 8.79. The number of nitrogens with one attached hydrogen (secondary N) is 3. The molecule has 0 atom stereocenters. The molecule has 0 fully saturated rings. The van der Waals surface area contributed by atoms with Crippen LogP contribution in [0.15, 0.2) is 4.99 Å². The van der Waals surface area contributed by atoms with Gasteiger partial charge in [-0.1, -0.05) is 0 Å². The van der Waals surface area contributed by atoms with Crippen LogP contribution in [0.2, 0.25) is 0 Å². The fourth-order valence-corrected chi connectivity index (χ4v) is 1.11. The molecule has 0 unspecified atom stereocenters. The Morgan fingerprint density at radius 1 is 1.06 bits per heavy atom. The van der Waals surface area contributed by atoms with Crippen molar-refractivity contribution in [1.82, 2.24) is 16.0 Å². The average molecular weight is 260 g/mol. The number of rotatable bonds is 9. The summed E-state index contributed by atoms with van der Waals surface area (Å²) >= 11 is 0. The fourth-order valence-electron chi connectivity index (χ4n) is 1.11. The summed E-state index contributed by atoms with van der Waals surface area (Å²) in [7, 11) is 3.22. The molecule has 106 valence electrons. The third-order valence-electron chi connectivity index (χ3n) is 1.95. The fraction of sp³-hybridized carbons (Fsp3) is 0.818. The zero-order chi connectivity index (χ0) is 13.6. The number of guanidine groups is 1. The maximum absolute atomic E-state index is 11.4. The van der Waals surface area contributed by atoms with Crippen molar-refractivity contribution in [1.29, 1.82) is 0 Å². The Hall–Kier alpha value is -1.34. The molecule has 0 aromatic rings. The molecule has 0 aliphatic rings. The van der Waals surface area contributed by atoms with Gasteiger partial charge in [0.1, 0.15) is 6.54 Å². The Morgan fingerprint density at radius 2 is 1.67 bits per heavy atom. The quantitative estimate of drug-likeness (QED) is 0.280. The first-order valence-electron chi connectivity index (χ1n) is 6.01. The predicted octanol–water partition coefficient (Wildman–Crippen LogP) is -1.05. The van der Waals surface area contributed by atoms with E-state index < -0.39 is 0 Å². The SMILES string of the molecule is CCNC(=NCC(=O)NCCOC)NCCOC. The maximum Gasteiger partial charge on any atom is 0.241 e. The first-order valence-corrected chi connectivity index (χ1v) is 6.01. The Morgan fingerprint density at radius 3 is 2.22 bits per heavy atom. The minimum Gasteiger partial charge on any atom is -0.383 e. The van der Waals surface area contributed by atoms with E-state index in [0.717, 1.165) is 6.54 Å². The molecule has 0 heterocycles. The molecule has 18 heavy (non-hydrogen) atoms. The second-order valence-corrected chi connectivity index (χ2v) is 3.46. The van der Waals surface area contributed by atoms with Gasteiger partial charge in [-0.05, 0) is 6.92 Å². The van der Waals surface area contributed by atoms with Crippen LogP contribution in [0.3, 0.4) is 0 Å². The van der Waals surface area contributed by atoms with Gasteiger partial charge in [0, 0.05) is 33.9 Å². The van der Waals surface area contributed by atoms with Crippen LogP contribution in [0.5, 0.6) is 0 Å². The van der Waals surface area contributed by atoms with Gasteiger partial charge in [0.2, 0.25) is 5.91 Å². The topological polar surface area (TPSA) is 84.0 Å². The highest BCUT2D eigenvalue weighted by molar-refractivity contribution is 5.84. The van der Waals surface area contributed by atoms with Gasteiger partial charge in [0.25, 0.3) is 0 Å². The van der Waals surface area contributed by atoms with Crippen LogP contribution in [0, 0.1) is 0 Å². The van der Waals surface area contributed by atoms with Gasteiger partial charge in [-0.25, -0.2) is 4.99 Å². The van der Waals surface area contributed by atoms with E-state index in [0.29, 0.717) is 32.3 Å². The summed E-state index contributed by atoms with van der Waals surface area (Å²) < 4.78 is 9.76. The van der Waals surface area contributed by atoms with Gasteiger partial charge in [-0.2, -0.15) is 0 Å². The normalized spacial score (nSPS) is 11.2. The number of carbonyl (C=O) groups excluding carboxylic acids is 1. The van der Waals surface area contributed by atoms with E-state index in [1.165, 1.54) is 0 Å². The van der Waals surface area contributed by atoms with E-state index >= 15 is 0 Å². The summed E-state index contributed by atoms with van der Waals surface area (Å²) in [6.07, 6.45) is 0. The highest BCUT2D eigenvalue weighted by Crippen LogP contribution is 1.76. The minimum absolute atomic E-state index is 0.0893. The highest BCUT2D eigenvalue weighted by Gasteiger charge is 2.01. The zero-order valence-corrected chi connectivity index (χ0v) is 11.4. The molecule has 7 nitrogen and oxygen atoms in total. The van der Waals surface area contributed by atoms with Crippen LogP contribution in [0.25, 0.3) is 0 Å². The Balaban J connectivity index is 3.93. The van der Waals surface area contributed by atoms with E-state index in [1.807, 2.05) is 6.92 Å². The Bertz CT molecular complexity index is 246. The smallest absolute Gasteiger partial charge is 0.241 e. The lowest BCUT2D eigenvalue weighted by atomic mass is 10.5. The van der Waals surface area contributed by atoms with Crippen LogP contribution in [-0.4, -0.2) is 65.5 Å². The standard InChI is InChI=1S/C11H24N4O3/c1-4-12-11(14-6-8-18-3)15-9-10(16)13-5-7-17-2/h4-9H2,1-3H3,(H,13,16)(H2,12,14,15). The lowest BCUT2D eigenvalue weighted by molar-refractivity contribution is -0.119. The van der Waals surface area contributed by atoms with Gasteiger partial charge in [0.05, 0.1) is 13.2 Å². The number of hydrogen-bond acceptors (Lipinski definition) is 4. The summed E-state index contributed by atoms with van der Waals surface area (Å²) in [4.78, 5) is 15.6. The monoisotopic (exact) mass is 260 g/mol. The number of hydrogen-bond donors (Lipinski definition) is 3. The zero-order valence-electron chi connectivity index (χ0n) is 11.4. The number of ether oxygens (including phenoxy) is 2. The van der Waals surface area contributed by atoms with Gasteiger partial charge in [-0.15, -0.1) is 0 Å². The largest absolute Gasteiger partial charge is 0.383 e.